The minimum atomic E-state index is 0.423. The maximum atomic E-state index is 9.07. The first-order valence-corrected chi connectivity index (χ1v) is 5.05. The Kier molecular flexibility index (Phi) is 2.71. The molecule has 1 heterocycles. The van der Waals surface area contributed by atoms with Crippen LogP contribution in [-0.4, -0.2) is 17.3 Å². The molecule has 0 fully saturated rings. The number of hydrogen-bond acceptors (Lipinski definition) is 4. The average Bonchev–Trinajstić information content (AvgIpc) is 2.74. The van der Waals surface area contributed by atoms with E-state index in [0.717, 1.165) is 16.8 Å². The van der Waals surface area contributed by atoms with Crippen LogP contribution in [0.5, 0.6) is 5.75 Å². The summed E-state index contributed by atoms with van der Waals surface area (Å²) in [5.41, 5.74) is 8.59. The number of nitrogens with zero attached hydrogens (tertiary/aromatic N) is 2. The molecule has 3 N–H and O–H groups in total. The fourth-order valence-corrected chi connectivity index (χ4v) is 1.77. The highest BCUT2D eigenvalue weighted by atomic mass is 16.5. The number of aromatic nitrogens is 2. The van der Waals surface area contributed by atoms with E-state index < -0.39 is 0 Å². The number of aromatic amines is 1. The van der Waals surface area contributed by atoms with E-state index in [0.29, 0.717) is 17.1 Å². The van der Waals surface area contributed by atoms with Crippen molar-refractivity contribution in [2.75, 3.05) is 12.8 Å². The molecule has 1 aromatic carbocycles. The van der Waals surface area contributed by atoms with Gasteiger partial charge in [-0.25, -0.2) is 0 Å². The number of nitriles is 1. The van der Waals surface area contributed by atoms with Crippen LogP contribution in [0, 0.1) is 18.3 Å². The molecule has 5 nitrogen and oxygen atoms in total. The van der Waals surface area contributed by atoms with Crippen LogP contribution in [0.3, 0.4) is 0 Å². The summed E-state index contributed by atoms with van der Waals surface area (Å²) in [7, 11) is 1.55. The fraction of sp³-hybridized carbons (Fsp3) is 0.167. The van der Waals surface area contributed by atoms with Crippen molar-refractivity contribution in [2.24, 2.45) is 0 Å². The first-order valence-electron chi connectivity index (χ1n) is 5.05. The van der Waals surface area contributed by atoms with Crippen molar-refractivity contribution < 1.29 is 4.74 Å². The molecule has 0 saturated carbocycles. The van der Waals surface area contributed by atoms with Crippen LogP contribution in [0.2, 0.25) is 0 Å². The van der Waals surface area contributed by atoms with Crippen LogP contribution >= 0.6 is 0 Å². The molecular weight excluding hydrogens is 216 g/mol. The van der Waals surface area contributed by atoms with E-state index in [-0.39, 0.29) is 0 Å². The Morgan fingerprint density at radius 3 is 2.71 bits per heavy atom. The second-order valence-electron chi connectivity index (χ2n) is 3.69. The van der Waals surface area contributed by atoms with Crippen LogP contribution in [0.25, 0.3) is 11.3 Å². The summed E-state index contributed by atoms with van der Waals surface area (Å²) < 4.78 is 5.19. The van der Waals surface area contributed by atoms with Gasteiger partial charge in [0, 0.05) is 11.6 Å². The van der Waals surface area contributed by atoms with Gasteiger partial charge in [-0.3, -0.25) is 5.10 Å². The molecular formula is C12H12N4O. The zero-order valence-corrected chi connectivity index (χ0v) is 9.61. The number of nitrogens with two attached hydrogens (primary N) is 1. The first-order chi connectivity index (χ1) is 8.15. The molecule has 0 atom stereocenters. The number of H-pyrrole nitrogens is 1. The molecule has 5 heteroatoms. The summed E-state index contributed by atoms with van der Waals surface area (Å²) in [4.78, 5) is 0. The van der Waals surface area contributed by atoms with Gasteiger partial charge in [0.15, 0.2) is 0 Å². The predicted octanol–water partition coefficient (Wildman–Crippen LogP) is 1.85. The number of anilines is 1. The Labute approximate surface area is 98.8 Å². The predicted molar refractivity (Wildman–Crippen MR) is 64.4 cm³/mol. The Balaban J connectivity index is 2.58. The topological polar surface area (TPSA) is 87.7 Å². The molecule has 0 amide bonds. The summed E-state index contributed by atoms with van der Waals surface area (Å²) in [6.07, 6.45) is 0. The number of aryl methyl sites for hydroxylation is 1. The molecule has 1 aromatic heterocycles. The Hall–Kier alpha value is -2.48. The van der Waals surface area contributed by atoms with Gasteiger partial charge >= 0.3 is 0 Å². The van der Waals surface area contributed by atoms with Crippen LogP contribution in [0.15, 0.2) is 18.2 Å². The van der Waals surface area contributed by atoms with E-state index in [1.807, 2.05) is 13.0 Å². The minimum absolute atomic E-state index is 0.423. The van der Waals surface area contributed by atoms with Crippen molar-refractivity contribution in [3.8, 4) is 23.1 Å². The van der Waals surface area contributed by atoms with Crippen molar-refractivity contribution >= 4 is 5.82 Å². The van der Waals surface area contributed by atoms with Gasteiger partial charge in [0.1, 0.15) is 17.6 Å². The lowest BCUT2D eigenvalue weighted by molar-refractivity contribution is 0.410. The number of methoxy groups -OCH3 is 1. The van der Waals surface area contributed by atoms with Crippen LogP contribution < -0.4 is 10.5 Å². The second kappa shape index (κ2) is 4.18. The van der Waals surface area contributed by atoms with Crippen molar-refractivity contribution in [3.05, 3.63) is 29.3 Å². The highest BCUT2D eigenvalue weighted by molar-refractivity contribution is 5.68. The summed E-state index contributed by atoms with van der Waals surface area (Å²) in [5.74, 6) is 1.02. The summed E-state index contributed by atoms with van der Waals surface area (Å²) in [6.45, 7) is 1.89. The van der Waals surface area contributed by atoms with Gasteiger partial charge in [-0.05, 0) is 24.6 Å². The summed E-state index contributed by atoms with van der Waals surface area (Å²) in [5, 5.41) is 15.7. The molecule has 86 valence electrons. The molecule has 0 bridgehead atoms. The van der Waals surface area contributed by atoms with Crippen molar-refractivity contribution in [1.29, 1.82) is 5.26 Å². The Morgan fingerprint density at radius 2 is 2.18 bits per heavy atom. The SMILES string of the molecule is COc1c(C)cc(-c2cc(N)n[nH]2)cc1C#N. The zero-order valence-electron chi connectivity index (χ0n) is 9.61. The quantitative estimate of drug-likeness (QED) is 0.821. The lowest BCUT2D eigenvalue weighted by Crippen LogP contribution is -1.93. The van der Waals surface area contributed by atoms with Crippen molar-refractivity contribution in [2.45, 2.75) is 6.92 Å². The molecule has 2 aromatic rings. The van der Waals surface area contributed by atoms with E-state index in [2.05, 4.69) is 16.3 Å². The van der Waals surface area contributed by atoms with Gasteiger partial charge in [0.05, 0.1) is 18.4 Å². The van der Waals surface area contributed by atoms with Gasteiger partial charge in [0.25, 0.3) is 0 Å². The van der Waals surface area contributed by atoms with Crippen LogP contribution in [0.1, 0.15) is 11.1 Å². The van der Waals surface area contributed by atoms with Crippen LogP contribution in [-0.2, 0) is 0 Å². The maximum absolute atomic E-state index is 9.07. The highest BCUT2D eigenvalue weighted by Crippen LogP contribution is 2.29. The van der Waals surface area contributed by atoms with E-state index in [9.17, 15) is 0 Å². The number of benzene rings is 1. The fourth-order valence-electron chi connectivity index (χ4n) is 1.77. The standard InChI is InChI=1S/C12H12N4O/c1-7-3-8(10-5-11(14)16-15-10)4-9(6-13)12(7)17-2/h3-5H,1-2H3,(H3,14,15,16). The smallest absolute Gasteiger partial charge is 0.145 e. The van der Waals surface area contributed by atoms with Gasteiger partial charge in [-0.1, -0.05) is 0 Å². The van der Waals surface area contributed by atoms with Crippen LogP contribution in [0.4, 0.5) is 5.82 Å². The molecule has 17 heavy (non-hydrogen) atoms. The van der Waals surface area contributed by atoms with E-state index in [4.69, 9.17) is 15.7 Å². The minimum Gasteiger partial charge on any atom is -0.495 e. The number of ether oxygens (including phenoxy) is 1. The monoisotopic (exact) mass is 228 g/mol. The molecule has 0 saturated heterocycles. The lowest BCUT2D eigenvalue weighted by Gasteiger charge is -2.08. The summed E-state index contributed by atoms with van der Waals surface area (Å²) in [6, 6.07) is 7.51. The number of rotatable bonds is 2. The zero-order chi connectivity index (χ0) is 12.4. The molecule has 0 unspecified atom stereocenters. The van der Waals surface area contributed by atoms with Gasteiger partial charge in [-0.2, -0.15) is 10.4 Å². The van der Waals surface area contributed by atoms with Crippen molar-refractivity contribution in [3.63, 3.8) is 0 Å². The molecule has 0 aliphatic heterocycles. The molecule has 0 aliphatic rings. The third kappa shape index (κ3) is 1.93. The third-order valence-electron chi connectivity index (χ3n) is 2.51. The van der Waals surface area contributed by atoms with Gasteiger partial charge in [0.2, 0.25) is 0 Å². The molecule has 0 radical (unpaired) electrons. The molecule has 0 aliphatic carbocycles. The molecule has 0 spiro atoms. The van der Waals surface area contributed by atoms with Crippen molar-refractivity contribution in [1.82, 2.24) is 10.2 Å². The van der Waals surface area contributed by atoms with E-state index in [1.54, 1.807) is 19.2 Å². The number of nitrogens with one attached hydrogen (secondary N) is 1. The normalized spacial score (nSPS) is 9.94. The highest BCUT2D eigenvalue weighted by Gasteiger charge is 2.10. The van der Waals surface area contributed by atoms with Gasteiger partial charge < -0.3 is 10.5 Å². The number of hydrogen-bond donors (Lipinski definition) is 2. The summed E-state index contributed by atoms with van der Waals surface area (Å²) >= 11 is 0. The van der Waals surface area contributed by atoms with E-state index in [1.165, 1.54) is 0 Å². The Morgan fingerprint density at radius 1 is 1.41 bits per heavy atom. The van der Waals surface area contributed by atoms with Gasteiger partial charge in [-0.15, -0.1) is 0 Å². The number of nitrogen functional groups attached to an aromatic ring is 1. The largest absolute Gasteiger partial charge is 0.495 e. The lowest BCUT2D eigenvalue weighted by atomic mass is 10.0. The maximum Gasteiger partial charge on any atom is 0.145 e. The van der Waals surface area contributed by atoms with E-state index >= 15 is 0 Å². The molecule has 2 rings (SSSR count). The third-order valence-corrected chi connectivity index (χ3v) is 2.51. The second-order valence-corrected chi connectivity index (χ2v) is 3.69. The first kappa shape index (κ1) is 11.0. The Bertz CT molecular complexity index is 595. The average molecular weight is 228 g/mol.